The van der Waals surface area contributed by atoms with Crippen LogP contribution >= 0.6 is 0 Å². The van der Waals surface area contributed by atoms with Crippen LogP contribution in [0.3, 0.4) is 0 Å². The van der Waals surface area contributed by atoms with E-state index in [1.54, 1.807) is 12.4 Å². The normalized spacial score (nSPS) is 19.6. The average Bonchev–Trinajstić information content (AvgIpc) is 2.29. The van der Waals surface area contributed by atoms with E-state index in [9.17, 15) is 8.42 Å². The van der Waals surface area contributed by atoms with Crippen molar-refractivity contribution in [1.82, 2.24) is 9.97 Å². The predicted molar refractivity (Wildman–Crippen MR) is 67.0 cm³/mol. The third-order valence-electron chi connectivity index (χ3n) is 2.92. The molecule has 2 rings (SSSR count). The molecule has 0 radical (unpaired) electrons. The van der Waals surface area contributed by atoms with Gasteiger partial charge in [-0.2, -0.15) is 0 Å². The minimum absolute atomic E-state index is 0.209. The Labute approximate surface area is 102 Å². The summed E-state index contributed by atoms with van der Waals surface area (Å²) in [6.07, 6.45) is 3.50. The van der Waals surface area contributed by atoms with Crippen LogP contribution in [0.25, 0.3) is 0 Å². The fraction of sp³-hybridized carbons (Fsp3) is 0.636. The predicted octanol–water partition coefficient (Wildman–Crippen LogP) is 0.835. The number of anilines is 1. The molecular weight excluding hydrogens is 238 g/mol. The van der Waals surface area contributed by atoms with Gasteiger partial charge in [0, 0.05) is 13.1 Å². The van der Waals surface area contributed by atoms with Crippen LogP contribution in [0.4, 0.5) is 5.82 Å². The molecule has 6 heteroatoms. The Morgan fingerprint density at radius 3 is 2.29 bits per heavy atom. The van der Waals surface area contributed by atoms with Crippen molar-refractivity contribution in [2.45, 2.75) is 19.8 Å². The monoisotopic (exact) mass is 255 g/mol. The van der Waals surface area contributed by atoms with Crippen LogP contribution in [0.2, 0.25) is 0 Å². The fourth-order valence-corrected chi connectivity index (χ4v) is 2.94. The van der Waals surface area contributed by atoms with Gasteiger partial charge in [0.05, 0.1) is 29.6 Å². The Hall–Kier alpha value is -1.17. The Balaban J connectivity index is 2.09. The molecule has 2 heterocycles. The maximum Gasteiger partial charge on any atom is 0.153 e. The summed E-state index contributed by atoms with van der Waals surface area (Å²) in [6, 6.07) is 0. The van der Waals surface area contributed by atoms with E-state index in [2.05, 4.69) is 23.8 Å². The molecule has 1 fully saturated rings. The minimum Gasteiger partial charge on any atom is -0.353 e. The van der Waals surface area contributed by atoms with Crippen LogP contribution in [0.1, 0.15) is 25.5 Å². The molecule has 17 heavy (non-hydrogen) atoms. The van der Waals surface area contributed by atoms with Gasteiger partial charge < -0.3 is 4.90 Å². The van der Waals surface area contributed by atoms with E-state index in [1.807, 2.05) is 4.90 Å². The van der Waals surface area contributed by atoms with E-state index < -0.39 is 9.84 Å². The molecule has 0 aliphatic carbocycles. The zero-order chi connectivity index (χ0) is 12.5. The molecule has 0 N–H and O–H groups in total. The fourth-order valence-electron chi connectivity index (χ4n) is 1.73. The quantitative estimate of drug-likeness (QED) is 0.783. The van der Waals surface area contributed by atoms with Gasteiger partial charge in [0.2, 0.25) is 0 Å². The molecule has 1 aliphatic heterocycles. The van der Waals surface area contributed by atoms with Gasteiger partial charge in [0.1, 0.15) is 5.82 Å². The maximum atomic E-state index is 11.3. The van der Waals surface area contributed by atoms with Crippen LogP contribution in [0.5, 0.6) is 0 Å². The Kier molecular flexibility index (Phi) is 3.33. The average molecular weight is 255 g/mol. The van der Waals surface area contributed by atoms with Crippen molar-refractivity contribution in [2.75, 3.05) is 29.5 Å². The second kappa shape index (κ2) is 4.60. The van der Waals surface area contributed by atoms with Crippen molar-refractivity contribution in [3.8, 4) is 0 Å². The molecule has 94 valence electrons. The summed E-state index contributed by atoms with van der Waals surface area (Å²) in [5.74, 6) is 1.55. The highest BCUT2D eigenvalue weighted by molar-refractivity contribution is 7.91. The molecule has 0 saturated carbocycles. The first-order valence-corrected chi connectivity index (χ1v) is 7.57. The van der Waals surface area contributed by atoms with Gasteiger partial charge in [-0.15, -0.1) is 0 Å². The number of nitrogens with zero attached hydrogens (tertiary/aromatic N) is 3. The highest BCUT2D eigenvalue weighted by atomic mass is 32.2. The summed E-state index contributed by atoms with van der Waals surface area (Å²) >= 11 is 0. The van der Waals surface area contributed by atoms with Crippen LogP contribution in [0.15, 0.2) is 12.4 Å². The third kappa shape index (κ3) is 2.94. The first-order chi connectivity index (χ1) is 7.98. The van der Waals surface area contributed by atoms with Crippen molar-refractivity contribution in [3.63, 3.8) is 0 Å². The van der Waals surface area contributed by atoms with Gasteiger partial charge in [-0.1, -0.05) is 13.8 Å². The lowest BCUT2D eigenvalue weighted by Crippen LogP contribution is -2.40. The van der Waals surface area contributed by atoms with Crippen LogP contribution in [0, 0.1) is 0 Å². The molecule has 1 aromatic heterocycles. The Morgan fingerprint density at radius 1 is 1.18 bits per heavy atom. The largest absolute Gasteiger partial charge is 0.353 e. The van der Waals surface area contributed by atoms with Crippen molar-refractivity contribution < 1.29 is 8.42 Å². The van der Waals surface area contributed by atoms with E-state index in [4.69, 9.17) is 0 Å². The first kappa shape index (κ1) is 12.3. The third-order valence-corrected chi connectivity index (χ3v) is 4.53. The SMILES string of the molecule is CC(C)c1cnc(N2CCS(=O)(=O)CC2)cn1. The summed E-state index contributed by atoms with van der Waals surface area (Å²) in [7, 11) is -2.84. The summed E-state index contributed by atoms with van der Waals surface area (Å²) in [5, 5.41) is 0. The highest BCUT2D eigenvalue weighted by Crippen LogP contribution is 2.16. The smallest absolute Gasteiger partial charge is 0.153 e. The van der Waals surface area contributed by atoms with Crippen molar-refractivity contribution >= 4 is 15.7 Å². The van der Waals surface area contributed by atoms with E-state index in [-0.39, 0.29) is 11.5 Å². The van der Waals surface area contributed by atoms with E-state index in [1.165, 1.54) is 0 Å². The van der Waals surface area contributed by atoms with Gasteiger partial charge in [-0.05, 0) is 5.92 Å². The first-order valence-electron chi connectivity index (χ1n) is 5.75. The van der Waals surface area contributed by atoms with Gasteiger partial charge in [-0.3, -0.25) is 4.98 Å². The summed E-state index contributed by atoms with van der Waals surface area (Å²) < 4.78 is 22.6. The van der Waals surface area contributed by atoms with Crippen LogP contribution in [-0.4, -0.2) is 43.0 Å². The van der Waals surface area contributed by atoms with Gasteiger partial charge in [-0.25, -0.2) is 13.4 Å². The summed E-state index contributed by atoms with van der Waals surface area (Å²) in [6.45, 7) is 5.16. The summed E-state index contributed by atoms with van der Waals surface area (Å²) in [5.41, 5.74) is 0.957. The van der Waals surface area contributed by atoms with Gasteiger partial charge in [0.25, 0.3) is 0 Å². The number of hydrogen-bond acceptors (Lipinski definition) is 5. The number of rotatable bonds is 2. The van der Waals surface area contributed by atoms with Crippen LogP contribution < -0.4 is 4.90 Å². The van der Waals surface area contributed by atoms with Crippen molar-refractivity contribution in [1.29, 1.82) is 0 Å². The van der Waals surface area contributed by atoms with E-state index in [0.29, 0.717) is 19.0 Å². The lowest BCUT2D eigenvalue weighted by molar-refractivity contribution is 0.586. The molecule has 0 spiro atoms. The lowest BCUT2D eigenvalue weighted by Gasteiger charge is -2.27. The van der Waals surface area contributed by atoms with Gasteiger partial charge >= 0.3 is 0 Å². The molecule has 1 aromatic rings. The second-order valence-corrected chi connectivity index (χ2v) is 6.90. The van der Waals surface area contributed by atoms with Crippen molar-refractivity contribution in [2.24, 2.45) is 0 Å². The molecule has 0 bridgehead atoms. The molecule has 5 nitrogen and oxygen atoms in total. The molecular formula is C11H17N3O2S. The molecule has 1 aliphatic rings. The zero-order valence-electron chi connectivity index (χ0n) is 10.1. The molecule has 0 aromatic carbocycles. The number of aromatic nitrogens is 2. The van der Waals surface area contributed by atoms with E-state index in [0.717, 1.165) is 11.5 Å². The molecule has 0 unspecified atom stereocenters. The topological polar surface area (TPSA) is 63.2 Å². The number of sulfone groups is 1. The molecule has 0 amide bonds. The highest BCUT2D eigenvalue weighted by Gasteiger charge is 2.22. The van der Waals surface area contributed by atoms with E-state index >= 15 is 0 Å². The lowest BCUT2D eigenvalue weighted by atomic mass is 10.1. The van der Waals surface area contributed by atoms with Gasteiger partial charge in [0.15, 0.2) is 9.84 Å². The molecule has 0 atom stereocenters. The van der Waals surface area contributed by atoms with Crippen LogP contribution in [-0.2, 0) is 9.84 Å². The summed E-state index contributed by atoms with van der Waals surface area (Å²) in [4.78, 5) is 10.6. The minimum atomic E-state index is -2.84. The molecule has 1 saturated heterocycles. The Morgan fingerprint density at radius 2 is 1.82 bits per heavy atom. The second-order valence-electron chi connectivity index (χ2n) is 4.59. The maximum absolute atomic E-state index is 11.3. The standard InChI is InChI=1S/C11H17N3O2S/c1-9(2)10-7-13-11(8-12-10)14-3-5-17(15,16)6-4-14/h7-9H,3-6H2,1-2H3. The zero-order valence-corrected chi connectivity index (χ0v) is 10.9. The van der Waals surface area contributed by atoms with Crippen molar-refractivity contribution in [3.05, 3.63) is 18.1 Å². The number of hydrogen-bond donors (Lipinski definition) is 0. The Bertz CT molecular complexity index is 468.